The van der Waals surface area contributed by atoms with Crippen molar-refractivity contribution in [2.24, 2.45) is 5.73 Å². The van der Waals surface area contributed by atoms with Gasteiger partial charge >= 0.3 is 6.43 Å². The summed E-state index contributed by atoms with van der Waals surface area (Å²) in [6, 6.07) is 27.4. The number of nitrogens with zero attached hydrogens (tertiary/aromatic N) is 6. The number of piperidine rings is 2. The maximum atomic E-state index is 13.9. The number of likely N-dealkylation sites (tertiary alicyclic amines) is 2. The van der Waals surface area contributed by atoms with Crippen LogP contribution in [-0.2, 0) is 33.1 Å². The van der Waals surface area contributed by atoms with Crippen LogP contribution in [0.25, 0.3) is 11.5 Å². The lowest BCUT2D eigenvalue weighted by molar-refractivity contribution is 0.0423. The van der Waals surface area contributed by atoms with Gasteiger partial charge in [-0.1, -0.05) is 71.7 Å². The molecule has 21 heteroatoms. The number of carbonyl (C=O) groups excluding carboxylic acids is 1. The summed E-state index contributed by atoms with van der Waals surface area (Å²) < 4.78 is 115. The van der Waals surface area contributed by atoms with E-state index in [4.69, 9.17) is 33.4 Å². The number of hydrogen-bond donors (Lipinski definition) is 1. The Morgan fingerprint density at radius 3 is 1.47 bits per heavy atom. The fourth-order valence-corrected chi connectivity index (χ4v) is 13.6. The smallest absolute Gasteiger partial charge is 0.314 e. The van der Waals surface area contributed by atoms with Crippen LogP contribution < -0.4 is 14.3 Å². The van der Waals surface area contributed by atoms with Gasteiger partial charge in [-0.05, 0) is 137 Å². The summed E-state index contributed by atoms with van der Waals surface area (Å²) in [6.07, 6.45) is -0.228. The maximum absolute atomic E-state index is 13.9. The predicted octanol–water partition coefficient (Wildman–Crippen LogP) is 9.41. The predicted molar refractivity (Wildman–Crippen MR) is 263 cm³/mol. The molecule has 0 radical (unpaired) electrons. The number of rotatable bonds is 16. The van der Waals surface area contributed by atoms with Gasteiger partial charge in [-0.2, -0.15) is 8.78 Å². The van der Waals surface area contributed by atoms with Crippen LogP contribution >= 0.6 is 23.2 Å². The number of Topliss-reactive ketones (excluding diaryl/α,β-unsaturated/α-hetero) is 1. The number of halogens is 6. The molecule has 0 unspecified atom stereocenters. The van der Waals surface area contributed by atoms with Gasteiger partial charge in [-0.25, -0.2) is 25.6 Å². The Balaban J connectivity index is 0.000000190. The third-order valence-corrected chi connectivity index (χ3v) is 18.7. The average molecular weight is 1050 g/mol. The van der Waals surface area contributed by atoms with E-state index in [2.05, 4.69) is 20.0 Å². The number of alkyl halides is 4. The minimum Gasteiger partial charge on any atom is -0.415 e. The minimum absolute atomic E-state index is 0.0431. The number of anilines is 2. The van der Waals surface area contributed by atoms with Gasteiger partial charge in [0, 0.05) is 33.3 Å². The number of sulfonamides is 2. The SMILES string of the molecule is NCC(=O)c1ccc(CN(c2cccc(Cl)c2)S(=O)(=O)C2CCN(C3CC(F)C3)CC2)cc1.O=S(=O)(C1CCN(C2CC(F)C2)CC1)N(Cc1ccc(-c2nnc(C(F)F)o2)cc1)c1cccc(Cl)c1. The Bertz CT molecular complexity index is 2790. The quantitative estimate of drug-likeness (QED) is 0.0740. The molecule has 9 rings (SSSR count). The monoisotopic (exact) mass is 1050 g/mol. The topological polar surface area (TPSA) is 163 Å². The molecule has 5 aromatic rings. The Morgan fingerprint density at radius 1 is 0.671 bits per heavy atom. The molecule has 4 aromatic carbocycles. The molecule has 2 aliphatic carbocycles. The molecule has 2 aliphatic heterocycles. The summed E-state index contributed by atoms with van der Waals surface area (Å²) in [7, 11) is -7.44. The molecule has 13 nitrogen and oxygen atoms in total. The third-order valence-electron chi connectivity index (χ3n) is 13.7. The fraction of sp³-hybridized carbons (Fsp3) is 0.449. The second-order valence-electron chi connectivity index (χ2n) is 18.2. The summed E-state index contributed by atoms with van der Waals surface area (Å²) in [4.78, 5) is 16.2. The summed E-state index contributed by atoms with van der Waals surface area (Å²) in [6.45, 7) is 2.65. The second kappa shape index (κ2) is 22.4. The van der Waals surface area contributed by atoms with Crippen LogP contribution in [0.2, 0.25) is 10.0 Å². The van der Waals surface area contributed by atoms with E-state index in [0.29, 0.717) is 116 Å². The first kappa shape index (κ1) is 51.7. The van der Waals surface area contributed by atoms with Crippen molar-refractivity contribution in [2.45, 2.75) is 106 Å². The first-order valence-electron chi connectivity index (χ1n) is 23.3. The lowest BCUT2D eigenvalue weighted by atomic mass is 9.88. The van der Waals surface area contributed by atoms with Crippen LogP contribution in [0.15, 0.2) is 101 Å². The number of aromatic nitrogens is 2. The Hall–Kier alpha value is -4.63. The van der Waals surface area contributed by atoms with Crippen LogP contribution in [0.5, 0.6) is 0 Å². The molecule has 0 amide bonds. The van der Waals surface area contributed by atoms with Crippen molar-refractivity contribution in [3.8, 4) is 11.5 Å². The standard InChI is InChI=1S/C25H26ClF3N4O3S.C24H29ClFN3O3S/c26-18-2-1-3-20(12-18)33(37(34,35)22-8-10-32(11-9-22)21-13-19(27)14-21)15-16-4-6-17(7-5-16)24-30-31-25(36-24)23(28)29;25-19-2-1-3-21(12-19)29(16-17-4-6-18(7-5-17)24(30)15-27)33(31,32)23-8-10-28(11-9-23)22-13-20(26)14-22/h1-7,12,19,21-23H,8-11,13-15H2;1-7,12,20,22-23H,8-11,13-16,27H2. The molecule has 0 atom stereocenters. The van der Waals surface area contributed by atoms with Crippen molar-refractivity contribution in [1.82, 2.24) is 20.0 Å². The molecule has 2 N–H and O–H groups in total. The van der Waals surface area contributed by atoms with Crippen molar-refractivity contribution in [3.05, 3.63) is 130 Å². The largest absolute Gasteiger partial charge is 0.415 e. The van der Waals surface area contributed by atoms with Gasteiger partial charge in [0.05, 0.1) is 41.5 Å². The summed E-state index contributed by atoms with van der Waals surface area (Å²) in [5, 5.41) is 6.76. The van der Waals surface area contributed by atoms with Crippen LogP contribution in [-0.4, -0.2) is 110 Å². The molecule has 0 bridgehead atoms. The number of nitrogens with two attached hydrogens (primary N) is 1. The van der Waals surface area contributed by atoms with E-state index in [0.717, 1.165) is 5.56 Å². The number of benzene rings is 4. The Morgan fingerprint density at radius 2 is 1.10 bits per heavy atom. The number of ketones is 1. The lowest BCUT2D eigenvalue weighted by Crippen LogP contribution is -2.52. The van der Waals surface area contributed by atoms with Crippen LogP contribution in [0.3, 0.4) is 0 Å². The zero-order chi connectivity index (χ0) is 49.7. The van der Waals surface area contributed by atoms with E-state index >= 15 is 0 Å². The van der Waals surface area contributed by atoms with Crippen LogP contribution in [0, 0.1) is 0 Å². The van der Waals surface area contributed by atoms with Crippen molar-refractivity contribution >= 4 is 60.4 Å². The molecule has 70 heavy (non-hydrogen) atoms. The highest BCUT2D eigenvalue weighted by Gasteiger charge is 2.42. The lowest BCUT2D eigenvalue weighted by Gasteiger charge is -2.43. The van der Waals surface area contributed by atoms with E-state index in [1.54, 1.807) is 97.1 Å². The molecule has 376 valence electrons. The van der Waals surface area contributed by atoms with Gasteiger partial charge in [-0.3, -0.25) is 13.4 Å². The molecule has 0 spiro atoms. The normalized spacial score (nSPS) is 21.6. The van der Waals surface area contributed by atoms with Gasteiger partial charge in [0.25, 0.3) is 5.89 Å². The highest BCUT2D eigenvalue weighted by Crippen LogP contribution is 2.36. The molecular formula is C49H55Cl2F4N7O6S2. The van der Waals surface area contributed by atoms with E-state index in [1.807, 2.05) is 0 Å². The average Bonchev–Trinajstić information content (AvgIpc) is 3.85. The van der Waals surface area contributed by atoms with Crippen LogP contribution in [0.1, 0.15) is 85.2 Å². The Kier molecular flexibility index (Phi) is 16.6. The van der Waals surface area contributed by atoms with Crippen molar-refractivity contribution in [3.63, 3.8) is 0 Å². The second-order valence-corrected chi connectivity index (χ2v) is 23.4. The van der Waals surface area contributed by atoms with Crippen molar-refractivity contribution in [2.75, 3.05) is 41.3 Å². The van der Waals surface area contributed by atoms with E-state index in [9.17, 15) is 39.2 Å². The highest BCUT2D eigenvalue weighted by atomic mass is 35.5. The zero-order valence-corrected chi connectivity index (χ0v) is 41.3. The first-order valence-corrected chi connectivity index (χ1v) is 27.1. The van der Waals surface area contributed by atoms with Gasteiger partial charge in [-0.15, -0.1) is 10.2 Å². The highest BCUT2D eigenvalue weighted by molar-refractivity contribution is 7.93. The van der Waals surface area contributed by atoms with E-state index in [1.165, 1.54) is 8.61 Å². The molecule has 2 saturated heterocycles. The molecule has 4 fully saturated rings. The number of carbonyl (C=O) groups is 1. The van der Waals surface area contributed by atoms with Gasteiger partial charge < -0.3 is 20.0 Å². The molecule has 2 saturated carbocycles. The molecule has 1 aromatic heterocycles. The van der Waals surface area contributed by atoms with Gasteiger partial charge in [0.2, 0.25) is 25.9 Å². The first-order chi connectivity index (χ1) is 33.5. The summed E-state index contributed by atoms with van der Waals surface area (Å²) in [5.74, 6) is -0.971. The third kappa shape index (κ3) is 12.2. The zero-order valence-electron chi connectivity index (χ0n) is 38.2. The fourth-order valence-electron chi connectivity index (χ4n) is 9.43. The number of hydrogen-bond acceptors (Lipinski definition) is 11. The van der Waals surface area contributed by atoms with Gasteiger partial charge in [0.15, 0.2) is 5.78 Å². The molecule has 4 aliphatic rings. The minimum atomic E-state index is -3.76. The van der Waals surface area contributed by atoms with E-state index in [-0.39, 0.29) is 43.4 Å². The van der Waals surface area contributed by atoms with Crippen molar-refractivity contribution in [1.29, 1.82) is 0 Å². The van der Waals surface area contributed by atoms with Crippen LogP contribution in [0.4, 0.5) is 28.9 Å². The Labute approximate surface area is 416 Å². The maximum Gasteiger partial charge on any atom is 0.314 e. The summed E-state index contributed by atoms with van der Waals surface area (Å²) >= 11 is 12.4. The molecular weight excluding hydrogens is 994 g/mol. The summed E-state index contributed by atoms with van der Waals surface area (Å²) in [5.41, 5.74) is 8.77. The van der Waals surface area contributed by atoms with Crippen molar-refractivity contribution < 1.29 is 43.6 Å². The van der Waals surface area contributed by atoms with E-state index < -0.39 is 55.2 Å². The van der Waals surface area contributed by atoms with Gasteiger partial charge in [0.1, 0.15) is 12.3 Å². The molecule has 3 heterocycles.